The number of fused-ring (bicyclic) bond motifs is 1. The van der Waals surface area contributed by atoms with E-state index >= 15 is 0 Å². The fraction of sp³-hybridized carbons (Fsp3) is 0.421. The Hall–Kier alpha value is -2.67. The average Bonchev–Trinajstić information content (AvgIpc) is 3.05. The molecular weight excluding hydrogens is 330 g/mol. The van der Waals surface area contributed by atoms with Crippen LogP contribution in [0.1, 0.15) is 26.7 Å². The van der Waals surface area contributed by atoms with Crippen LogP contribution in [0.15, 0.2) is 30.6 Å². The van der Waals surface area contributed by atoms with Crippen LogP contribution in [-0.2, 0) is 0 Å². The van der Waals surface area contributed by atoms with Crippen LogP contribution in [0.3, 0.4) is 0 Å². The molecule has 1 saturated heterocycles. The first kappa shape index (κ1) is 16.8. The summed E-state index contributed by atoms with van der Waals surface area (Å²) in [5.74, 6) is 1.68. The summed E-state index contributed by atoms with van der Waals surface area (Å²) in [5, 5.41) is 18.2. The Morgan fingerprint density at radius 3 is 2.77 bits per heavy atom. The molecule has 0 aliphatic carbocycles. The van der Waals surface area contributed by atoms with Crippen molar-refractivity contribution >= 4 is 16.7 Å². The fourth-order valence-electron chi connectivity index (χ4n) is 3.28. The predicted molar refractivity (Wildman–Crippen MR) is 100 cm³/mol. The van der Waals surface area contributed by atoms with E-state index in [-0.39, 0.29) is 12.2 Å². The van der Waals surface area contributed by atoms with E-state index in [0.29, 0.717) is 0 Å². The average molecular weight is 353 g/mol. The van der Waals surface area contributed by atoms with Gasteiger partial charge in [-0.1, -0.05) is 0 Å². The molecule has 0 radical (unpaired) electrons. The van der Waals surface area contributed by atoms with Crippen molar-refractivity contribution in [2.45, 2.75) is 38.9 Å². The van der Waals surface area contributed by atoms with Gasteiger partial charge in [0.05, 0.1) is 23.4 Å². The number of aromatic nitrogens is 4. The number of hydrogen-bond donors (Lipinski definition) is 2. The van der Waals surface area contributed by atoms with Crippen molar-refractivity contribution in [3.63, 3.8) is 0 Å². The van der Waals surface area contributed by atoms with Crippen molar-refractivity contribution in [2.24, 2.45) is 0 Å². The Morgan fingerprint density at radius 2 is 2.00 bits per heavy atom. The number of piperidine rings is 1. The van der Waals surface area contributed by atoms with E-state index in [1.54, 1.807) is 6.33 Å². The molecule has 0 unspecified atom stereocenters. The van der Waals surface area contributed by atoms with Gasteiger partial charge in [0.15, 0.2) is 0 Å². The largest absolute Gasteiger partial charge is 0.491 e. The van der Waals surface area contributed by atoms with Crippen LogP contribution in [0.25, 0.3) is 22.3 Å². The molecule has 0 spiro atoms. The van der Waals surface area contributed by atoms with E-state index in [1.165, 1.54) is 0 Å². The third kappa shape index (κ3) is 3.35. The molecule has 7 nitrogen and oxygen atoms in total. The first-order valence-corrected chi connectivity index (χ1v) is 9.00. The summed E-state index contributed by atoms with van der Waals surface area (Å²) in [5.41, 5.74) is 2.50. The van der Waals surface area contributed by atoms with E-state index in [2.05, 4.69) is 25.1 Å². The molecule has 1 aliphatic heterocycles. The quantitative estimate of drug-likeness (QED) is 0.750. The molecule has 1 aliphatic rings. The smallest absolute Gasteiger partial charge is 0.132 e. The topological polar surface area (TPSA) is 87.2 Å². The van der Waals surface area contributed by atoms with Gasteiger partial charge in [0, 0.05) is 24.5 Å². The number of H-pyrrole nitrogens is 1. The second-order valence-corrected chi connectivity index (χ2v) is 6.93. The highest BCUT2D eigenvalue weighted by atomic mass is 16.5. The number of nitrogens with zero attached hydrogens (tertiary/aromatic N) is 4. The molecule has 0 atom stereocenters. The van der Waals surface area contributed by atoms with Gasteiger partial charge in [-0.3, -0.25) is 5.10 Å². The van der Waals surface area contributed by atoms with Gasteiger partial charge in [0.1, 0.15) is 23.6 Å². The lowest BCUT2D eigenvalue weighted by Gasteiger charge is -2.30. The molecule has 0 amide bonds. The first-order valence-electron chi connectivity index (χ1n) is 9.00. The maximum absolute atomic E-state index is 9.70. The molecular formula is C19H23N5O2. The van der Waals surface area contributed by atoms with Crippen LogP contribution in [0.4, 0.5) is 5.82 Å². The molecule has 3 aromatic rings. The number of nitrogens with one attached hydrogen (secondary N) is 1. The minimum Gasteiger partial charge on any atom is -0.491 e. The van der Waals surface area contributed by atoms with Crippen LogP contribution in [0.2, 0.25) is 0 Å². The standard InChI is InChI=1S/C19H23N5O2/c1-12(2)26-14-3-4-16-15(9-14)19(23-22-16)17-10-18(21-11-20-17)24-7-5-13(25)6-8-24/h3-4,9-13,25H,5-8H2,1-2H3,(H,22,23). The highest BCUT2D eigenvalue weighted by Crippen LogP contribution is 2.30. The third-order valence-electron chi connectivity index (χ3n) is 4.59. The lowest BCUT2D eigenvalue weighted by atomic mass is 10.1. The van der Waals surface area contributed by atoms with Gasteiger partial charge in [-0.2, -0.15) is 5.10 Å². The van der Waals surface area contributed by atoms with Crippen molar-refractivity contribution in [3.8, 4) is 17.1 Å². The van der Waals surface area contributed by atoms with Gasteiger partial charge in [-0.25, -0.2) is 9.97 Å². The minimum absolute atomic E-state index is 0.114. The second-order valence-electron chi connectivity index (χ2n) is 6.93. The van der Waals surface area contributed by atoms with Crippen LogP contribution in [0, 0.1) is 0 Å². The van der Waals surface area contributed by atoms with E-state index in [9.17, 15) is 5.11 Å². The number of hydrogen-bond acceptors (Lipinski definition) is 6. The molecule has 0 saturated carbocycles. The number of rotatable bonds is 4. The molecule has 2 N–H and O–H groups in total. The van der Waals surface area contributed by atoms with Gasteiger partial charge < -0.3 is 14.7 Å². The number of aliphatic hydroxyl groups is 1. The van der Waals surface area contributed by atoms with Crippen LogP contribution in [-0.4, -0.2) is 50.6 Å². The van der Waals surface area contributed by atoms with Crippen LogP contribution < -0.4 is 9.64 Å². The summed E-state index contributed by atoms with van der Waals surface area (Å²) in [6.45, 7) is 5.61. The Morgan fingerprint density at radius 1 is 1.19 bits per heavy atom. The lowest BCUT2D eigenvalue weighted by Crippen LogP contribution is -2.36. The highest BCUT2D eigenvalue weighted by Gasteiger charge is 2.19. The molecule has 3 heterocycles. The number of aromatic amines is 1. The van der Waals surface area contributed by atoms with Gasteiger partial charge in [0.25, 0.3) is 0 Å². The van der Waals surface area contributed by atoms with Gasteiger partial charge >= 0.3 is 0 Å². The summed E-state index contributed by atoms with van der Waals surface area (Å²) in [6, 6.07) is 7.86. The van der Waals surface area contributed by atoms with E-state index in [4.69, 9.17) is 4.74 Å². The molecule has 2 aromatic heterocycles. The number of anilines is 1. The maximum atomic E-state index is 9.70. The zero-order valence-corrected chi connectivity index (χ0v) is 15.0. The van der Waals surface area contributed by atoms with Gasteiger partial charge in [0.2, 0.25) is 0 Å². The minimum atomic E-state index is -0.206. The molecule has 1 aromatic carbocycles. The maximum Gasteiger partial charge on any atom is 0.132 e. The SMILES string of the molecule is CC(C)Oc1ccc2[nH]nc(-c3cc(N4CCC(O)CC4)ncn3)c2c1. The summed E-state index contributed by atoms with van der Waals surface area (Å²) in [6.07, 6.45) is 3.01. The number of benzene rings is 1. The summed E-state index contributed by atoms with van der Waals surface area (Å²) in [7, 11) is 0. The predicted octanol–water partition coefficient (Wildman–Crippen LogP) is 2.77. The van der Waals surface area contributed by atoms with E-state index in [0.717, 1.165) is 59.8 Å². The van der Waals surface area contributed by atoms with Crippen molar-refractivity contribution in [1.82, 2.24) is 20.2 Å². The summed E-state index contributed by atoms with van der Waals surface area (Å²) >= 11 is 0. The van der Waals surface area contributed by atoms with Crippen LogP contribution >= 0.6 is 0 Å². The molecule has 1 fully saturated rings. The number of aliphatic hydroxyl groups excluding tert-OH is 1. The first-order chi connectivity index (χ1) is 12.6. The monoisotopic (exact) mass is 353 g/mol. The van der Waals surface area contributed by atoms with Crippen molar-refractivity contribution in [2.75, 3.05) is 18.0 Å². The zero-order valence-electron chi connectivity index (χ0n) is 15.0. The molecule has 136 valence electrons. The van der Waals surface area contributed by atoms with Crippen molar-refractivity contribution in [3.05, 3.63) is 30.6 Å². The summed E-state index contributed by atoms with van der Waals surface area (Å²) < 4.78 is 5.81. The second kappa shape index (κ2) is 6.92. The normalized spacial score (nSPS) is 15.8. The Kier molecular flexibility index (Phi) is 4.46. The van der Waals surface area contributed by atoms with Gasteiger partial charge in [-0.05, 0) is 44.9 Å². The number of ether oxygens (including phenoxy) is 1. The van der Waals surface area contributed by atoms with Crippen LogP contribution in [0.5, 0.6) is 5.75 Å². The lowest BCUT2D eigenvalue weighted by molar-refractivity contribution is 0.145. The van der Waals surface area contributed by atoms with E-state index in [1.807, 2.05) is 38.1 Å². The summed E-state index contributed by atoms with van der Waals surface area (Å²) in [4.78, 5) is 11.0. The highest BCUT2D eigenvalue weighted by molar-refractivity contribution is 5.93. The molecule has 7 heteroatoms. The molecule has 26 heavy (non-hydrogen) atoms. The Balaban J connectivity index is 1.68. The van der Waals surface area contributed by atoms with Crippen molar-refractivity contribution < 1.29 is 9.84 Å². The van der Waals surface area contributed by atoms with Gasteiger partial charge in [-0.15, -0.1) is 0 Å². The Labute approximate surface area is 152 Å². The molecule has 0 bridgehead atoms. The zero-order chi connectivity index (χ0) is 18.1. The molecule has 4 rings (SSSR count). The Bertz CT molecular complexity index is 900. The third-order valence-corrected chi connectivity index (χ3v) is 4.59. The van der Waals surface area contributed by atoms with Crippen molar-refractivity contribution in [1.29, 1.82) is 0 Å². The van der Waals surface area contributed by atoms with E-state index < -0.39 is 0 Å². The fourth-order valence-corrected chi connectivity index (χ4v) is 3.28.